The van der Waals surface area contributed by atoms with Gasteiger partial charge in [0.2, 0.25) is 0 Å². The third kappa shape index (κ3) is 2.63. The lowest BCUT2D eigenvalue weighted by atomic mass is 10.2. The van der Waals surface area contributed by atoms with Gasteiger partial charge in [0.05, 0.1) is 6.61 Å². The zero-order valence-corrected chi connectivity index (χ0v) is 12.6. The first-order valence-corrected chi connectivity index (χ1v) is 7.39. The van der Waals surface area contributed by atoms with Crippen molar-refractivity contribution < 1.29 is 9.90 Å². The van der Waals surface area contributed by atoms with Gasteiger partial charge in [-0.15, -0.1) is 11.3 Å². The molecule has 3 rings (SSSR count). The number of nitrogens with zero attached hydrogens (tertiary/aromatic N) is 2. The van der Waals surface area contributed by atoms with Crippen molar-refractivity contribution in [1.29, 1.82) is 0 Å². The van der Waals surface area contributed by atoms with Crippen LogP contribution in [-0.4, -0.2) is 20.4 Å². The van der Waals surface area contributed by atoms with Crippen LogP contribution in [0.5, 0.6) is 0 Å². The summed E-state index contributed by atoms with van der Waals surface area (Å²) in [5, 5.41) is 11.7. The number of fused-ring (bicyclic) bond motifs is 1. The van der Waals surface area contributed by atoms with Crippen LogP contribution in [0.3, 0.4) is 0 Å². The number of hydrogen-bond donors (Lipinski definition) is 2. The number of thiazole rings is 1. The number of nitrogens with one attached hydrogen (secondary N) is 1. The molecule has 7 heteroatoms. The van der Waals surface area contributed by atoms with Crippen LogP contribution in [0, 0.1) is 6.92 Å². The number of carbonyl (C=O) groups excluding carboxylic acids is 1. The van der Waals surface area contributed by atoms with Crippen LogP contribution in [0.15, 0.2) is 41.5 Å². The molecule has 112 valence electrons. The molecule has 0 fully saturated rings. The summed E-state index contributed by atoms with van der Waals surface area (Å²) in [4.78, 5) is 30.2. The average molecular weight is 315 g/mol. The Kier molecular flexibility index (Phi) is 3.74. The lowest BCUT2D eigenvalue weighted by molar-refractivity contribution is 0.102. The van der Waals surface area contributed by atoms with Crippen LogP contribution < -0.4 is 10.9 Å². The lowest BCUT2D eigenvalue weighted by Gasteiger charge is -2.06. The summed E-state index contributed by atoms with van der Waals surface area (Å²) in [6.45, 7) is 1.76. The van der Waals surface area contributed by atoms with Gasteiger partial charge in [-0.3, -0.25) is 14.0 Å². The third-order valence-corrected chi connectivity index (χ3v) is 4.05. The normalized spacial score (nSPS) is 10.8. The van der Waals surface area contributed by atoms with Gasteiger partial charge in [-0.05, 0) is 24.6 Å². The molecule has 0 aliphatic heterocycles. The molecule has 0 unspecified atom stereocenters. The number of benzene rings is 1. The number of aryl methyl sites for hydroxylation is 1. The van der Waals surface area contributed by atoms with Crippen LogP contribution in [0.2, 0.25) is 0 Å². The van der Waals surface area contributed by atoms with E-state index in [2.05, 4.69) is 10.3 Å². The largest absolute Gasteiger partial charge is 0.392 e. The van der Waals surface area contributed by atoms with Crippen molar-refractivity contribution in [3.63, 3.8) is 0 Å². The highest BCUT2D eigenvalue weighted by atomic mass is 32.1. The summed E-state index contributed by atoms with van der Waals surface area (Å²) < 4.78 is 1.37. The van der Waals surface area contributed by atoms with E-state index in [4.69, 9.17) is 5.11 Å². The Morgan fingerprint density at radius 1 is 1.45 bits per heavy atom. The number of anilines is 1. The fourth-order valence-electron chi connectivity index (χ4n) is 2.10. The molecule has 0 bridgehead atoms. The molecule has 2 N–H and O–H groups in total. The maximum absolute atomic E-state index is 12.3. The molecule has 3 aromatic rings. The molecule has 1 aromatic carbocycles. The smallest absolute Gasteiger partial charge is 0.271 e. The molecule has 2 aromatic heterocycles. The highest BCUT2D eigenvalue weighted by molar-refractivity contribution is 7.16. The number of carbonyl (C=O) groups is 1. The predicted molar refractivity (Wildman–Crippen MR) is 84.4 cm³/mol. The van der Waals surface area contributed by atoms with Gasteiger partial charge in [0.15, 0.2) is 4.96 Å². The minimum absolute atomic E-state index is 0.0234. The van der Waals surface area contributed by atoms with Gasteiger partial charge in [-0.1, -0.05) is 12.1 Å². The van der Waals surface area contributed by atoms with E-state index in [0.717, 1.165) is 4.88 Å². The Bertz CT molecular complexity index is 914. The molecular formula is C15H13N3O3S. The number of aliphatic hydroxyl groups excluding tert-OH is 1. The number of rotatable bonds is 3. The molecule has 0 atom stereocenters. The summed E-state index contributed by atoms with van der Waals surface area (Å²) in [6.07, 6.45) is 2.96. The second-order valence-electron chi connectivity index (χ2n) is 4.78. The Balaban J connectivity index is 1.95. The maximum Gasteiger partial charge on any atom is 0.271 e. The van der Waals surface area contributed by atoms with Crippen molar-refractivity contribution in [2.75, 3.05) is 5.32 Å². The standard InChI is InChI=1S/C15H13N3O3S/c1-9-7-18-14(21)12(6-16-15(18)22-9)13(20)17-11-4-2-3-10(5-11)8-19/h2-7,19H,8H2,1H3,(H,17,20). The van der Waals surface area contributed by atoms with Gasteiger partial charge in [0.25, 0.3) is 11.5 Å². The molecule has 6 nitrogen and oxygen atoms in total. The van der Waals surface area contributed by atoms with Crippen molar-refractivity contribution in [3.8, 4) is 0 Å². The second-order valence-corrected chi connectivity index (χ2v) is 6.00. The van der Waals surface area contributed by atoms with Crippen molar-refractivity contribution in [1.82, 2.24) is 9.38 Å². The molecule has 0 radical (unpaired) electrons. The van der Waals surface area contributed by atoms with E-state index in [-0.39, 0.29) is 12.2 Å². The van der Waals surface area contributed by atoms with E-state index in [0.29, 0.717) is 16.2 Å². The molecular weight excluding hydrogens is 302 g/mol. The first-order valence-electron chi connectivity index (χ1n) is 6.57. The Labute approximate surface area is 129 Å². The summed E-state index contributed by atoms with van der Waals surface area (Å²) in [6, 6.07) is 6.80. The van der Waals surface area contributed by atoms with Crippen LogP contribution in [0.1, 0.15) is 20.8 Å². The summed E-state index contributed by atoms with van der Waals surface area (Å²) in [5.74, 6) is -0.522. The number of aliphatic hydroxyl groups is 1. The van der Waals surface area contributed by atoms with Crippen LogP contribution in [-0.2, 0) is 6.61 Å². The van der Waals surface area contributed by atoms with E-state index in [1.165, 1.54) is 21.9 Å². The van der Waals surface area contributed by atoms with E-state index in [1.54, 1.807) is 30.5 Å². The van der Waals surface area contributed by atoms with E-state index >= 15 is 0 Å². The monoisotopic (exact) mass is 315 g/mol. The Morgan fingerprint density at radius 2 is 2.27 bits per heavy atom. The zero-order chi connectivity index (χ0) is 15.7. The van der Waals surface area contributed by atoms with Crippen LogP contribution >= 0.6 is 11.3 Å². The number of aromatic nitrogens is 2. The Hall–Kier alpha value is -2.51. The average Bonchev–Trinajstić information content (AvgIpc) is 2.89. The van der Waals surface area contributed by atoms with Crippen molar-refractivity contribution in [2.45, 2.75) is 13.5 Å². The van der Waals surface area contributed by atoms with Crippen molar-refractivity contribution in [3.05, 3.63) is 63.0 Å². The highest BCUT2D eigenvalue weighted by Gasteiger charge is 2.14. The molecule has 2 heterocycles. The predicted octanol–water partition coefficient (Wildman–Crippen LogP) is 1.81. The fourth-order valence-corrected chi connectivity index (χ4v) is 2.88. The van der Waals surface area contributed by atoms with E-state index < -0.39 is 11.5 Å². The van der Waals surface area contributed by atoms with Crippen LogP contribution in [0.25, 0.3) is 4.96 Å². The molecule has 0 saturated carbocycles. The molecule has 0 aliphatic rings. The molecule has 0 aliphatic carbocycles. The van der Waals surface area contributed by atoms with Crippen molar-refractivity contribution in [2.24, 2.45) is 0 Å². The first-order chi connectivity index (χ1) is 10.6. The minimum atomic E-state index is -0.522. The number of hydrogen-bond acceptors (Lipinski definition) is 5. The van der Waals surface area contributed by atoms with Gasteiger partial charge >= 0.3 is 0 Å². The highest BCUT2D eigenvalue weighted by Crippen LogP contribution is 2.14. The quantitative estimate of drug-likeness (QED) is 0.772. The zero-order valence-electron chi connectivity index (χ0n) is 11.7. The van der Waals surface area contributed by atoms with Gasteiger partial charge in [-0.25, -0.2) is 4.98 Å². The van der Waals surface area contributed by atoms with E-state index in [1.807, 2.05) is 6.92 Å². The summed E-state index contributed by atoms with van der Waals surface area (Å²) in [7, 11) is 0. The van der Waals surface area contributed by atoms with Gasteiger partial charge < -0.3 is 10.4 Å². The van der Waals surface area contributed by atoms with E-state index in [9.17, 15) is 9.59 Å². The summed E-state index contributed by atoms with van der Waals surface area (Å²) >= 11 is 1.39. The topological polar surface area (TPSA) is 83.7 Å². The first kappa shape index (κ1) is 14.4. The van der Waals surface area contributed by atoms with Gasteiger partial charge in [0.1, 0.15) is 5.56 Å². The SMILES string of the molecule is Cc1cn2c(=O)c(C(=O)Nc3cccc(CO)c3)cnc2s1. The second kappa shape index (κ2) is 5.70. The third-order valence-electron chi connectivity index (χ3n) is 3.13. The lowest BCUT2D eigenvalue weighted by Crippen LogP contribution is -2.25. The molecule has 22 heavy (non-hydrogen) atoms. The van der Waals surface area contributed by atoms with Gasteiger partial charge in [0, 0.05) is 23.0 Å². The van der Waals surface area contributed by atoms with Gasteiger partial charge in [-0.2, -0.15) is 0 Å². The maximum atomic E-state index is 12.3. The molecule has 1 amide bonds. The fraction of sp³-hybridized carbons (Fsp3) is 0.133. The van der Waals surface area contributed by atoms with Crippen molar-refractivity contribution >= 4 is 27.9 Å². The number of amides is 1. The molecule has 0 spiro atoms. The molecule has 0 saturated heterocycles. The summed E-state index contributed by atoms with van der Waals surface area (Å²) in [5.41, 5.74) is 0.772. The Morgan fingerprint density at radius 3 is 3.05 bits per heavy atom. The van der Waals surface area contributed by atoms with Crippen LogP contribution in [0.4, 0.5) is 5.69 Å². The minimum Gasteiger partial charge on any atom is -0.392 e.